The zero-order valence-corrected chi connectivity index (χ0v) is 18.2. The van der Waals surface area contributed by atoms with Gasteiger partial charge in [0, 0.05) is 25.2 Å². The minimum absolute atomic E-state index is 0.0302. The summed E-state index contributed by atoms with van der Waals surface area (Å²) in [5, 5.41) is 0.241. The quantitative estimate of drug-likeness (QED) is 0.266. The van der Waals surface area contributed by atoms with E-state index in [0.29, 0.717) is 11.6 Å². The molecule has 1 aliphatic heterocycles. The predicted molar refractivity (Wildman–Crippen MR) is 113 cm³/mol. The van der Waals surface area contributed by atoms with Gasteiger partial charge in [-0.25, -0.2) is 4.39 Å². The molecule has 3 atom stereocenters. The Hall–Kier alpha value is -2.65. The third-order valence-electron chi connectivity index (χ3n) is 5.83. The molecule has 0 amide bonds. The van der Waals surface area contributed by atoms with Crippen LogP contribution in [0.3, 0.4) is 0 Å². The van der Waals surface area contributed by atoms with Crippen LogP contribution in [0.4, 0.5) is 30.7 Å². The van der Waals surface area contributed by atoms with Crippen molar-refractivity contribution >= 4 is 11.6 Å². The second kappa shape index (κ2) is 8.85. The van der Waals surface area contributed by atoms with Crippen molar-refractivity contribution in [3.8, 4) is 0 Å². The van der Waals surface area contributed by atoms with Gasteiger partial charge in [-0.05, 0) is 41.5 Å². The maximum absolute atomic E-state index is 14.5. The van der Waals surface area contributed by atoms with Gasteiger partial charge < -0.3 is 0 Å². The normalized spacial score (nSPS) is 20.1. The van der Waals surface area contributed by atoms with Crippen molar-refractivity contribution in [3.63, 3.8) is 0 Å². The standard InChI is InChI=1S/C24H18ClF7N2/c25-18-6-7-21(33-13-18)22(11-15-4-2-1-3-5-15,34-14-20(34)12-23(27,28)29)16-8-17(24(30,31)32)10-19(26)9-16/h1-10,13,20H,11-12,14H2/t20?,22-,34?/m1/s1. The van der Waals surface area contributed by atoms with E-state index < -0.39 is 41.7 Å². The summed E-state index contributed by atoms with van der Waals surface area (Å²) in [6.45, 7) is -0.0471. The molecule has 0 spiro atoms. The molecular formula is C24H18ClF7N2. The smallest absolute Gasteiger partial charge is 0.282 e. The molecule has 0 N–H and O–H groups in total. The van der Waals surface area contributed by atoms with Gasteiger partial charge in [-0.15, -0.1) is 0 Å². The highest BCUT2D eigenvalue weighted by Crippen LogP contribution is 2.48. The molecule has 0 aliphatic carbocycles. The fourth-order valence-electron chi connectivity index (χ4n) is 4.35. The third kappa shape index (κ3) is 5.20. The zero-order chi connectivity index (χ0) is 24.7. The van der Waals surface area contributed by atoms with E-state index in [9.17, 15) is 30.7 Å². The Morgan fingerprint density at radius 1 is 0.912 bits per heavy atom. The number of pyridine rings is 1. The van der Waals surface area contributed by atoms with E-state index in [2.05, 4.69) is 4.98 Å². The number of hydrogen-bond acceptors (Lipinski definition) is 2. The van der Waals surface area contributed by atoms with E-state index >= 15 is 0 Å². The van der Waals surface area contributed by atoms with E-state index in [-0.39, 0.29) is 29.2 Å². The topological polar surface area (TPSA) is 15.9 Å². The van der Waals surface area contributed by atoms with Crippen molar-refractivity contribution < 1.29 is 30.7 Å². The Morgan fingerprint density at radius 3 is 2.18 bits per heavy atom. The van der Waals surface area contributed by atoms with Crippen LogP contribution < -0.4 is 0 Å². The van der Waals surface area contributed by atoms with Crippen LogP contribution in [0.2, 0.25) is 5.02 Å². The minimum atomic E-state index is -4.85. The van der Waals surface area contributed by atoms with Crippen LogP contribution in [-0.2, 0) is 18.1 Å². The van der Waals surface area contributed by atoms with Gasteiger partial charge in [0.1, 0.15) is 5.82 Å². The first-order chi connectivity index (χ1) is 15.9. The summed E-state index contributed by atoms with van der Waals surface area (Å²) in [5.74, 6) is -1.15. The molecule has 2 unspecified atom stereocenters. The van der Waals surface area contributed by atoms with Crippen molar-refractivity contribution in [1.82, 2.24) is 9.88 Å². The summed E-state index contributed by atoms with van der Waals surface area (Å²) in [5.41, 5.74) is -2.16. The Balaban J connectivity index is 1.95. The van der Waals surface area contributed by atoms with Gasteiger partial charge in [0.15, 0.2) is 0 Å². The van der Waals surface area contributed by atoms with Crippen molar-refractivity contribution in [2.45, 2.75) is 36.8 Å². The Morgan fingerprint density at radius 2 is 1.59 bits per heavy atom. The van der Waals surface area contributed by atoms with Crippen LogP contribution in [0.25, 0.3) is 0 Å². The molecule has 1 aliphatic rings. The average Bonchev–Trinajstić information content (AvgIpc) is 3.50. The number of hydrogen-bond donors (Lipinski definition) is 0. The molecular weight excluding hydrogens is 485 g/mol. The van der Waals surface area contributed by atoms with Crippen LogP contribution in [0, 0.1) is 5.82 Å². The lowest BCUT2D eigenvalue weighted by Gasteiger charge is -2.37. The summed E-state index contributed by atoms with van der Waals surface area (Å²) in [4.78, 5) is 5.71. The highest BCUT2D eigenvalue weighted by Gasteiger charge is 2.56. The minimum Gasteiger partial charge on any atom is -0.282 e. The molecule has 2 nitrogen and oxygen atoms in total. The zero-order valence-electron chi connectivity index (χ0n) is 17.5. The largest absolute Gasteiger partial charge is 0.416 e. The Kier molecular flexibility index (Phi) is 6.37. The van der Waals surface area contributed by atoms with Crippen LogP contribution >= 0.6 is 11.6 Å². The molecule has 2 aromatic carbocycles. The molecule has 0 radical (unpaired) electrons. The summed E-state index contributed by atoms with van der Waals surface area (Å²) in [6, 6.07) is 12.5. The number of halogens is 8. The number of alkyl halides is 6. The van der Waals surface area contributed by atoms with Crippen molar-refractivity contribution in [2.24, 2.45) is 0 Å². The molecule has 1 saturated heterocycles. The molecule has 1 aromatic heterocycles. The second-order valence-electron chi connectivity index (χ2n) is 8.24. The first kappa shape index (κ1) is 24.5. The Labute approximate surface area is 196 Å². The Bertz CT molecular complexity index is 1150. The van der Waals surface area contributed by atoms with Gasteiger partial charge in [0.25, 0.3) is 0 Å². The van der Waals surface area contributed by atoms with E-state index in [1.165, 1.54) is 23.2 Å². The van der Waals surface area contributed by atoms with Gasteiger partial charge in [0.05, 0.1) is 28.2 Å². The molecule has 3 aromatic rings. The molecule has 0 bridgehead atoms. The van der Waals surface area contributed by atoms with Crippen molar-refractivity contribution in [3.05, 3.63) is 100 Å². The van der Waals surface area contributed by atoms with Crippen molar-refractivity contribution in [2.75, 3.05) is 6.54 Å². The summed E-state index contributed by atoms with van der Waals surface area (Å²) < 4.78 is 94.9. The summed E-state index contributed by atoms with van der Waals surface area (Å²) in [6.07, 6.45) is -9.25. The second-order valence-corrected chi connectivity index (χ2v) is 8.67. The highest BCUT2D eigenvalue weighted by molar-refractivity contribution is 6.30. The lowest BCUT2D eigenvalue weighted by molar-refractivity contribution is -0.138. The fraction of sp³-hybridized carbons (Fsp3) is 0.292. The highest BCUT2D eigenvalue weighted by atomic mass is 35.5. The van der Waals surface area contributed by atoms with E-state index in [1.807, 2.05) is 0 Å². The van der Waals surface area contributed by atoms with Crippen molar-refractivity contribution in [1.29, 1.82) is 0 Å². The molecule has 1 fully saturated rings. The molecule has 2 heterocycles. The number of rotatable bonds is 6. The van der Waals surface area contributed by atoms with Gasteiger partial charge in [-0.1, -0.05) is 41.9 Å². The third-order valence-corrected chi connectivity index (χ3v) is 6.05. The first-order valence-electron chi connectivity index (χ1n) is 10.3. The number of benzene rings is 2. The summed E-state index contributed by atoms with van der Waals surface area (Å²) >= 11 is 5.96. The molecule has 180 valence electrons. The van der Waals surface area contributed by atoms with Gasteiger partial charge in [-0.3, -0.25) is 9.88 Å². The predicted octanol–water partition coefficient (Wildman–Crippen LogP) is 7.02. The number of nitrogens with zero attached hydrogens (tertiary/aromatic N) is 2. The van der Waals surface area contributed by atoms with Gasteiger partial charge in [-0.2, -0.15) is 26.3 Å². The SMILES string of the molecule is Fc1cc(C(F)(F)F)cc([C@](Cc2ccccc2)(c2ccc(Cl)cn2)N2CC2CC(F)(F)F)c1. The molecule has 10 heteroatoms. The van der Waals surface area contributed by atoms with Crippen LogP contribution in [0.5, 0.6) is 0 Å². The van der Waals surface area contributed by atoms with E-state index in [0.717, 1.165) is 12.1 Å². The van der Waals surface area contributed by atoms with E-state index in [1.54, 1.807) is 30.3 Å². The van der Waals surface area contributed by atoms with Crippen LogP contribution in [0.1, 0.15) is 28.8 Å². The monoisotopic (exact) mass is 502 g/mol. The fourth-order valence-corrected chi connectivity index (χ4v) is 4.46. The molecule has 0 saturated carbocycles. The lowest BCUT2D eigenvalue weighted by atomic mass is 9.79. The lowest BCUT2D eigenvalue weighted by Crippen LogP contribution is -2.41. The summed E-state index contributed by atoms with van der Waals surface area (Å²) in [7, 11) is 0. The van der Waals surface area contributed by atoms with E-state index in [4.69, 9.17) is 11.6 Å². The van der Waals surface area contributed by atoms with Gasteiger partial charge >= 0.3 is 12.4 Å². The first-order valence-corrected chi connectivity index (χ1v) is 10.6. The van der Waals surface area contributed by atoms with Crippen LogP contribution in [0.15, 0.2) is 66.9 Å². The van der Waals surface area contributed by atoms with Crippen LogP contribution in [-0.4, -0.2) is 28.6 Å². The average molecular weight is 503 g/mol. The molecule has 34 heavy (non-hydrogen) atoms. The maximum Gasteiger partial charge on any atom is 0.416 e. The number of aromatic nitrogens is 1. The maximum atomic E-state index is 14.5. The molecule has 4 rings (SSSR count). The van der Waals surface area contributed by atoms with Gasteiger partial charge in [0.2, 0.25) is 0 Å².